The van der Waals surface area contributed by atoms with Gasteiger partial charge < -0.3 is 5.32 Å². The van der Waals surface area contributed by atoms with Crippen LogP contribution in [0.4, 0.5) is 0 Å². The molecule has 6 nitrogen and oxygen atoms in total. The van der Waals surface area contributed by atoms with Gasteiger partial charge in [0.15, 0.2) is 0 Å². The molecule has 1 aromatic rings. The fourth-order valence-electron chi connectivity index (χ4n) is 3.18. The molecule has 0 radical (unpaired) electrons. The Morgan fingerprint density at radius 3 is 2.65 bits per heavy atom. The van der Waals surface area contributed by atoms with Gasteiger partial charge in [-0.05, 0) is 30.4 Å². The van der Waals surface area contributed by atoms with Crippen molar-refractivity contribution in [3.05, 3.63) is 30.1 Å². The summed E-state index contributed by atoms with van der Waals surface area (Å²) in [5, 5.41) is 3.29. The number of nitrogens with zero attached hydrogens (tertiary/aromatic N) is 3. The molecule has 0 aromatic carbocycles. The van der Waals surface area contributed by atoms with Gasteiger partial charge in [-0.3, -0.25) is 4.98 Å². The Bertz CT molecular complexity index is 591. The van der Waals surface area contributed by atoms with Gasteiger partial charge in [0.1, 0.15) is 0 Å². The molecular weight excluding hydrogens is 336 g/mol. The number of piperazine rings is 1. The van der Waals surface area contributed by atoms with E-state index in [2.05, 4.69) is 17.2 Å². The van der Waals surface area contributed by atoms with E-state index in [9.17, 15) is 8.42 Å². The van der Waals surface area contributed by atoms with E-state index in [1.54, 1.807) is 21.0 Å². The molecule has 1 atom stereocenters. The van der Waals surface area contributed by atoms with E-state index in [1.807, 2.05) is 12.1 Å². The highest BCUT2D eigenvalue weighted by Crippen LogP contribution is 2.28. The zero-order chi connectivity index (χ0) is 15.6. The lowest BCUT2D eigenvalue weighted by Crippen LogP contribution is -2.54. The largest absolute Gasteiger partial charge is 0.313 e. The Morgan fingerprint density at radius 2 is 2.00 bits per heavy atom. The third-order valence-electron chi connectivity index (χ3n) is 4.63. The van der Waals surface area contributed by atoms with Crippen LogP contribution in [0.3, 0.4) is 0 Å². The van der Waals surface area contributed by atoms with E-state index in [1.165, 1.54) is 0 Å². The third kappa shape index (κ3) is 4.03. The van der Waals surface area contributed by atoms with Crippen LogP contribution in [-0.2, 0) is 10.2 Å². The van der Waals surface area contributed by atoms with Gasteiger partial charge in [0.25, 0.3) is 10.2 Å². The first-order valence-electron chi connectivity index (χ1n) is 7.96. The third-order valence-corrected chi connectivity index (χ3v) is 6.68. The molecule has 1 N–H and O–H groups in total. The summed E-state index contributed by atoms with van der Waals surface area (Å²) in [7, 11) is -3.41. The number of halogens is 1. The van der Waals surface area contributed by atoms with Gasteiger partial charge in [-0.25, -0.2) is 0 Å². The Kier molecular flexibility index (Phi) is 6.39. The quantitative estimate of drug-likeness (QED) is 0.885. The number of pyridine rings is 1. The van der Waals surface area contributed by atoms with Gasteiger partial charge in [0.2, 0.25) is 0 Å². The van der Waals surface area contributed by atoms with Gasteiger partial charge in [-0.1, -0.05) is 13.0 Å². The van der Waals surface area contributed by atoms with Crippen LogP contribution in [-0.4, -0.2) is 54.7 Å². The van der Waals surface area contributed by atoms with Gasteiger partial charge in [0.05, 0.1) is 6.04 Å². The Morgan fingerprint density at radius 1 is 1.26 bits per heavy atom. The summed E-state index contributed by atoms with van der Waals surface area (Å²) in [4.78, 5) is 4.14. The molecule has 8 heteroatoms. The van der Waals surface area contributed by atoms with E-state index in [-0.39, 0.29) is 18.4 Å². The smallest absolute Gasteiger partial charge is 0.282 e. The van der Waals surface area contributed by atoms with Crippen LogP contribution in [0.5, 0.6) is 0 Å². The Labute approximate surface area is 144 Å². The molecule has 3 rings (SSSR count). The molecule has 23 heavy (non-hydrogen) atoms. The number of hydrogen-bond donors (Lipinski definition) is 1. The highest BCUT2D eigenvalue weighted by molar-refractivity contribution is 7.86. The molecule has 2 saturated heterocycles. The zero-order valence-electron chi connectivity index (χ0n) is 13.4. The predicted molar refractivity (Wildman–Crippen MR) is 92.7 cm³/mol. The van der Waals surface area contributed by atoms with Crippen molar-refractivity contribution in [3.63, 3.8) is 0 Å². The predicted octanol–water partition coefficient (Wildman–Crippen LogP) is 1.43. The van der Waals surface area contributed by atoms with Crippen LogP contribution in [0.2, 0.25) is 0 Å². The first-order valence-corrected chi connectivity index (χ1v) is 9.36. The maximum Gasteiger partial charge on any atom is 0.282 e. The first-order chi connectivity index (χ1) is 10.6. The molecule has 2 fully saturated rings. The molecule has 0 bridgehead atoms. The van der Waals surface area contributed by atoms with Crippen molar-refractivity contribution in [1.29, 1.82) is 0 Å². The molecule has 3 heterocycles. The highest BCUT2D eigenvalue weighted by atomic mass is 35.5. The summed E-state index contributed by atoms with van der Waals surface area (Å²) >= 11 is 0. The second kappa shape index (κ2) is 7.90. The van der Waals surface area contributed by atoms with Crippen molar-refractivity contribution in [1.82, 2.24) is 18.9 Å². The molecular formula is C15H25ClN4O2S. The molecule has 2 aliphatic rings. The summed E-state index contributed by atoms with van der Waals surface area (Å²) in [5.74, 6) is 0.614. The van der Waals surface area contributed by atoms with E-state index >= 15 is 0 Å². The average Bonchev–Trinajstić information content (AvgIpc) is 2.56. The highest BCUT2D eigenvalue weighted by Gasteiger charge is 2.38. The van der Waals surface area contributed by atoms with Crippen LogP contribution >= 0.6 is 12.4 Å². The topological polar surface area (TPSA) is 65.5 Å². The molecule has 2 aliphatic heterocycles. The molecule has 0 saturated carbocycles. The van der Waals surface area contributed by atoms with Crippen molar-refractivity contribution in [2.45, 2.75) is 25.8 Å². The zero-order valence-corrected chi connectivity index (χ0v) is 15.0. The van der Waals surface area contributed by atoms with Crippen LogP contribution in [0, 0.1) is 5.92 Å². The van der Waals surface area contributed by atoms with Crippen molar-refractivity contribution in [2.24, 2.45) is 5.92 Å². The van der Waals surface area contributed by atoms with Gasteiger partial charge in [-0.2, -0.15) is 17.0 Å². The van der Waals surface area contributed by atoms with Crippen LogP contribution in [0.15, 0.2) is 24.5 Å². The number of hydrogen-bond acceptors (Lipinski definition) is 4. The molecule has 130 valence electrons. The van der Waals surface area contributed by atoms with Crippen molar-refractivity contribution >= 4 is 22.6 Å². The summed E-state index contributed by atoms with van der Waals surface area (Å²) in [6.45, 7) is 5.29. The molecule has 1 unspecified atom stereocenters. The van der Waals surface area contributed by atoms with Crippen LogP contribution < -0.4 is 5.32 Å². The molecule has 0 spiro atoms. The fourth-order valence-corrected chi connectivity index (χ4v) is 4.99. The number of piperidine rings is 1. The summed E-state index contributed by atoms with van der Waals surface area (Å²) in [6.07, 6.45) is 5.37. The van der Waals surface area contributed by atoms with Gasteiger partial charge in [-0.15, -0.1) is 12.4 Å². The Balaban J connectivity index is 0.00000192. The van der Waals surface area contributed by atoms with Gasteiger partial charge >= 0.3 is 0 Å². The second-order valence-electron chi connectivity index (χ2n) is 6.21. The van der Waals surface area contributed by atoms with Crippen LogP contribution in [0.25, 0.3) is 0 Å². The standard InChI is InChI=1S/C15H24N4O2S.ClH/c1-13-4-8-18(9-5-13)22(20,21)19-10-7-17-12-15(19)14-3-2-6-16-11-14;/h2-3,6,11,13,15,17H,4-5,7-10,12H2,1H3;1H. The number of aromatic nitrogens is 1. The Hall–Kier alpha value is -0.730. The van der Waals surface area contributed by atoms with E-state index in [0.29, 0.717) is 38.6 Å². The maximum absolute atomic E-state index is 13.0. The van der Waals surface area contributed by atoms with Crippen molar-refractivity contribution in [2.75, 3.05) is 32.7 Å². The van der Waals surface area contributed by atoms with E-state index < -0.39 is 10.2 Å². The summed E-state index contributed by atoms with van der Waals surface area (Å²) in [6, 6.07) is 3.63. The average molecular weight is 361 g/mol. The fraction of sp³-hybridized carbons (Fsp3) is 0.667. The molecule has 0 amide bonds. The second-order valence-corrected chi connectivity index (χ2v) is 8.09. The number of nitrogens with one attached hydrogen (secondary N) is 1. The summed E-state index contributed by atoms with van der Waals surface area (Å²) in [5.41, 5.74) is 0.948. The normalized spacial score (nSPS) is 25.0. The van der Waals surface area contributed by atoms with E-state index in [4.69, 9.17) is 0 Å². The van der Waals surface area contributed by atoms with Crippen molar-refractivity contribution in [3.8, 4) is 0 Å². The minimum atomic E-state index is -3.41. The molecule has 1 aromatic heterocycles. The van der Waals surface area contributed by atoms with Gasteiger partial charge in [0, 0.05) is 45.1 Å². The minimum absolute atomic E-state index is 0. The summed E-state index contributed by atoms with van der Waals surface area (Å²) < 4.78 is 29.4. The lowest BCUT2D eigenvalue weighted by molar-refractivity contribution is 0.223. The maximum atomic E-state index is 13.0. The van der Waals surface area contributed by atoms with E-state index in [0.717, 1.165) is 18.4 Å². The number of rotatable bonds is 3. The lowest BCUT2D eigenvalue weighted by atomic mass is 10.0. The molecule has 0 aliphatic carbocycles. The minimum Gasteiger partial charge on any atom is -0.313 e. The van der Waals surface area contributed by atoms with Crippen molar-refractivity contribution < 1.29 is 8.42 Å². The van der Waals surface area contributed by atoms with Crippen LogP contribution in [0.1, 0.15) is 31.4 Å². The monoisotopic (exact) mass is 360 g/mol. The lowest BCUT2D eigenvalue weighted by Gasteiger charge is -2.40. The first kappa shape index (κ1) is 18.6. The SMILES string of the molecule is CC1CCN(S(=O)(=O)N2CCNCC2c2cccnc2)CC1.Cl.